The van der Waals surface area contributed by atoms with E-state index in [1.807, 2.05) is 110 Å². The van der Waals surface area contributed by atoms with E-state index in [0.29, 0.717) is 122 Å². The number of thiophene rings is 3. The Labute approximate surface area is 858 Å². The van der Waals surface area contributed by atoms with E-state index >= 15 is 0 Å². The van der Waals surface area contributed by atoms with Crippen LogP contribution in [-0.4, -0.2) is 197 Å². The van der Waals surface area contributed by atoms with Crippen LogP contribution in [0.1, 0.15) is 153 Å². The summed E-state index contributed by atoms with van der Waals surface area (Å²) in [5.74, 6) is 0.247. The summed E-state index contributed by atoms with van der Waals surface area (Å²) in [6.45, 7) is 6.02. The lowest BCUT2D eigenvalue weighted by atomic mass is 9.74. The molecule has 5 fully saturated rings. The summed E-state index contributed by atoms with van der Waals surface area (Å²) in [6, 6.07) is 51.4. The summed E-state index contributed by atoms with van der Waals surface area (Å²) in [5, 5.41) is 30.3. The molecule has 12 aromatic rings. The molecule has 7 aromatic heterocycles. The van der Waals surface area contributed by atoms with Gasteiger partial charge in [0.1, 0.15) is 24.6 Å². The number of nitrogens with one attached hydrogen (secondary N) is 7. The van der Waals surface area contributed by atoms with Crippen LogP contribution < -0.4 is 53.1 Å². The highest BCUT2D eigenvalue weighted by molar-refractivity contribution is 9.10. The minimum atomic E-state index is -4.51. The van der Waals surface area contributed by atoms with Crippen molar-refractivity contribution in [3.63, 3.8) is 0 Å². The number of fused-ring (bicyclic) bond motifs is 2. The number of likely N-dealkylation sites (tertiary alicyclic amines) is 1. The van der Waals surface area contributed by atoms with Crippen molar-refractivity contribution in [2.24, 2.45) is 0 Å². The van der Waals surface area contributed by atoms with Crippen LogP contribution in [0.2, 0.25) is 9.36 Å². The molecule has 0 spiro atoms. The number of urea groups is 2. The SMILES string of the molecule is CCSc1ccccc1C(=O)N1CCC(S(=O)(=O)CC(=O)NC)CC1.COc1ccc(C2(CNC(=O)N3CCNC3=O)CCOCC2)cc1.O=C(Cn1nc(-n2ccc3ccccc32)ccc1=O)NCC(F)(F)F.O=C(NCCn1cnc(C2CCCC2)cc1=O)c1cc(Br)ccc1Cl.O=C(NCc1ccccc1-c1ccsc1)c1ccc(Cl)s1.O=C(Nc1nc2c(s1)COCC2)C1(c2cccs2)CCCC1. The van der Waals surface area contributed by atoms with Gasteiger partial charge in [-0.15, -0.1) is 34.4 Å². The van der Waals surface area contributed by atoms with Crippen molar-refractivity contribution in [2.45, 2.75) is 150 Å². The van der Waals surface area contributed by atoms with Crippen LogP contribution in [0.4, 0.5) is 27.9 Å². The number of carbonyl (C=O) groups is 8. The molecular weight excluding hydrogens is 2050 g/mol. The Kier molecular flexibility index (Phi) is 39.2. The number of thioether (sulfide) groups is 1. The first-order valence-corrected chi connectivity index (χ1v) is 54.0. The Morgan fingerprint density at radius 3 is 2.16 bits per heavy atom. The van der Waals surface area contributed by atoms with Crippen molar-refractivity contribution in [3.8, 4) is 22.7 Å². The number of imide groups is 1. The summed E-state index contributed by atoms with van der Waals surface area (Å²) in [7, 11) is -0.418. The van der Waals surface area contributed by atoms with E-state index in [4.69, 9.17) is 37.4 Å². The van der Waals surface area contributed by atoms with Crippen LogP contribution in [-0.2, 0) is 77.2 Å². The summed E-state index contributed by atoms with van der Waals surface area (Å²) < 4.78 is 82.6. The Bertz CT molecular complexity index is 6560. The molecule has 30 nitrogen and oxygen atoms in total. The van der Waals surface area contributed by atoms with E-state index in [1.165, 1.54) is 63.3 Å². The number of alkyl halides is 3. The van der Waals surface area contributed by atoms with Crippen LogP contribution in [0.5, 0.6) is 5.75 Å². The first-order chi connectivity index (χ1) is 68.4. The molecule has 3 saturated heterocycles. The van der Waals surface area contributed by atoms with Crippen LogP contribution >= 0.6 is 96.2 Å². The van der Waals surface area contributed by atoms with Crippen molar-refractivity contribution < 1.29 is 74.2 Å². The molecule has 6 aliphatic rings. The van der Waals surface area contributed by atoms with Gasteiger partial charge in [0.15, 0.2) is 20.8 Å². The van der Waals surface area contributed by atoms with Gasteiger partial charge in [-0.2, -0.15) is 29.6 Å². The van der Waals surface area contributed by atoms with E-state index in [-0.39, 0.29) is 52.1 Å². The lowest BCUT2D eigenvalue weighted by Gasteiger charge is -2.38. The summed E-state index contributed by atoms with van der Waals surface area (Å²) >= 11 is 23.0. The van der Waals surface area contributed by atoms with Gasteiger partial charge in [-0.25, -0.2) is 37.6 Å². The highest BCUT2D eigenvalue weighted by Gasteiger charge is 2.45. The molecule has 5 aromatic carbocycles. The number of amides is 10. The zero-order valence-electron chi connectivity index (χ0n) is 78.1. The molecule has 2 saturated carbocycles. The molecule has 142 heavy (non-hydrogen) atoms. The van der Waals surface area contributed by atoms with E-state index in [0.717, 1.165) is 139 Å². The predicted octanol–water partition coefficient (Wildman–Crippen LogP) is 17.4. The summed E-state index contributed by atoms with van der Waals surface area (Å²) in [5.41, 5.74) is 7.30. The van der Waals surface area contributed by atoms with Crippen molar-refractivity contribution in [1.29, 1.82) is 0 Å². The van der Waals surface area contributed by atoms with E-state index in [1.54, 1.807) is 117 Å². The first-order valence-electron chi connectivity index (χ1n) is 46.2. The number of aromatic nitrogens is 6. The topological polar surface area (TPSA) is 377 Å². The number of methoxy groups -OCH3 is 1. The zero-order chi connectivity index (χ0) is 101. The van der Waals surface area contributed by atoms with Gasteiger partial charge in [0, 0.05) is 123 Å². The van der Waals surface area contributed by atoms with Crippen LogP contribution in [0.15, 0.2) is 217 Å². The molecule has 0 bridgehead atoms. The Balaban J connectivity index is 0.000000143. The van der Waals surface area contributed by atoms with Gasteiger partial charge in [-0.1, -0.05) is 156 Å². The number of benzene rings is 5. The number of nitrogens with zero attached hydrogens (tertiary/aromatic N) is 8. The molecule has 0 radical (unpaired) electrons. The molecule has 0 atom stereocenters. The molecule has 7 N–H and O–H groups in total. The monoisotopic (exact) mass is 2160 g/mol. The number of ether oxygens (including phenoxy) is 3. The number of rotatable bonds is 26. The lowest BCUT2D eigenvalue weighted by Crippen LogP contribution is -2.49. The smallest absolute Gasteiger partial charge is 0.405 e. The fraction of sp³-hybridized carbons (Fsp3) is 0.370. The quantitative estimate of drug-likeness (QED) is 0.0248. The van der Waals surface area contributed by atoms with Gasteiger partial charge in [-0.05, 0) is 186 Å². The molecule has 18 rings (SSSR count). The molecule has 2 aliphatic carbocycles. The van der Waals surface area contributed by atoms with Crippen molar-refractivity contribution in [2.75, 3.05) is 96.6 Å². The largest absolute Gasteiger partial charge is 0.497 e. The molecular formula is C100H109BrCl2F3N15O15S6. The van der Waals surface area contributed by atoms with Crippen LogP contribution in [0.25, 0.3) is 27.8 Å². The maximum Gasteiger partial charge on any atom is 0.405 e. The number of carbonyl (C=O) groups excluding carboxylic acids is 8. The van der Waals surface area contributed by atoms with Gasteiger partial charge < -0.3 is 56.3 Å². The minimum absolute atomic E-state index is 0.0568. The molecule has 11 heterocycles. The van der Waals surface area contributed by atoms with E-state index in [9.17, 15) is 69.5 Å². The number of hydrogen-bond donors (Lipinski definition) is 7. The highest BCUT2D eigenvalue weighted by Crippen LogP contribution is 2.45. The Morgan fingerprint density at radius 2 is 1.48 bits per heavy atom. The Hall–Kier alpha value is -11.4. The number of sulfone groups is 1. The first kappa shape index (κ1) is 108. The maximum atomic E-state index is 13.0. The third kappa shape index (κ3) is 29.4. The van der Waals surface area contributed by atoms with Gasteiger partial charge >= 0.3 is 18.2 Å². The highest BCUT2D eigenvalue weighted by atomic mass is 79.9. The van der Waals surface area contributed by atoms with Crippen molar-refractivity contribution in [3.05, 3.63) is 281 Å². The van der Waals surface area contributed by atoms with E-state index < -0.39 is 57.5 Å². The minimum Gasteiger partial charge on any atom is -0.497 e. The number of thiazole rings is 1. The number of para-hydroxylation sites is 1. The maximum absolute atomic E-state index is 13.0. The summed E-state index contributed by atoms with van der Waals surface area (Å²) in [6.07, 6.45) is 10.8. The average molecular weight is 2160 g/mol. The molecule has 42 heteroatoms. The number of hydrogen-bond acceptors (Lipinski definition) is 23. The normalized spacial score (nSPS) is 15.4. The van der Waals surface area contributed by atoms with Gasteiger partial charge in [0.2, 0.25) is 17.7 Å². The van der Waals surface area contributed by atoms with Crippen LogP contribution in [0.3, 0.4) is 0 Å². The third-order valence-corrected chi connectivity index (χ3v) is 32.7. The fourth-order valence-electron chi connectivity index (χ4n) is 17.1. The van der Waals surface area contributed by atoms with Gasteiger partial charge in [-0.3, -0.25) is 47.5 Å². The van der Waals surface area contributed by atoms with Crippen LogP contribution in [0, 0.1) is 0 Å². The predicted molar refractivity (Wildman–Crippen MR) is 552 cm³/mol. The van der Waals surface area contributed by atoms with Crippen molar-refractivity contribution >= 4 is 170 Å². The lowest BCUT2D eigenvalue weighted by molar-refractivity contribution is -0.138. The molecule has 0 unspecified atom stereocenters. The van der Waals surface area contributed by atoms with Crippen molar-refractivity contribution in [1.82, 2.24) is 70.6 Å². The third-order valence-electron chi connectivity index (χ3n) is 24.7. The number of piperidine rings is 1. The zero-order valence-corrected chi connectivity index (χ0v) is 86.1. The molecule has 752 valence electrons. The molecule has 4 aliphatic heterocycles. The van der Waals surface area contributed by atoms with Gasteiger partial charge in [0.25, 0.3) is 28.8 Å². The Morgan fingerprint density at radius 1 is 0.732 bits per heavy atom. The molecule has 10 amide bonds. The number of halogens is 6. The average Bonchev–Trinajstić information content (AvgIpc) is 1.71. The second kappa shape index (κ2) is 51.7. The standard InChI is InChI=1S/C18H19BrClN3O2.C17H23N3O4.C17H24N2O4S2.C16H12ClNOS2.C16H13F3N4O2.C16H18N2O2S2/c19-13-5-6-15(20)14(9-13)18(25)21-7-8-23-11-22-16(10-17(23)24)12-3-1-2-4-12;1-23-14-4-2-13(3-5-14)17(6-10-24-11-7-17)12-19-16(22)20-9-8-18-15(20)21;1-3-24-15-7-5-4-6-14(15)17(21)19-10-8-13(9-11-19)25(22,23)12-16(20)18-2;17-15-6-5-14(21-15)16(19)18-9-11-3-1-2-4-13(11)12-7-8-20-10-12;17-16(18,19)10-20-14(24)9-23-15(25)6-5-13(21-23)22-8-7-11-3-1-2-4-12(11)22;19-14(16(6-1-2-7-16)13-4-3-9-21-13)18-15-17-11-5-8-20-10-12(11)22-15/h5-6,9-12H,1-4,7-8H2,(H,21,25);2-5H,6-12H2,1H3,(H,18,21)(H,19,22);4-7,13H,3,8-12H2,1-2H3,(H,18,20);1-8,10H,9H2,(H,18,19);1-8H,9-10H2,(H,20,24);3-4,9H,1-2,5-8,10H2,(H,17,18,19). The van der Waals surface area contributed by atoms with Gasteiger partial charge in [0.05, 0.1) is 84.5 Å². The fourth-order valence-corrected chi connectivity index (χ4v) is 23.7. The second-order valence-electron chi connectivity index (χ2n) is 34.0. The van der Waals surface area contributed by atoms with E-state index in [2.05, 4.69) is 97.2 Å². The second-order valence-corrected chi connectivity index (χ2v) is 43.4. The summed E-state index contributed by atoms with van der Waals surface area (Å²) in [4.78, 5) is 137. The number of anilines is 1.